The summed E-state index contributed by atoms with van der Waals surface area (Å²) in [7, 11) is 0. The van der Waals surface area contributed by atoms with Crippen molar-refractivity contribution >= 4 is 12.0 Å². The number of allylic oxidation sites excluding steroid dienone is 2. The van der Waals surface area contributed by atoms with Crippen molar-refractivity contribution in [2.24, 2.45) is 56.7 Å². The minimum Gasteiger partial charge on any atom is -0.459 e. The van der Waals surface area contributed by atoms with Gasteiger partial charge >= 0.3 is 5.97 Å². The molecule has 2 heteroatoms. The number of esters is 1. The Morgan fingerprint density at radius 1 is 0.854 bits per heavy atom. The molecule has 0 aliphatic heterocycles. The summed E-state index contributed by atoms with van der Waals surface area (Å²) in [4.78, 5) is 13.0. The number of ether oxygens (including phenoxy) is 1. The third-order valence-corrected chi connectivity index (χ3v) is 14.8. The summed E-state index contributed by atoms with van der Waals surface area (Å²) in [6.45, 7) is 20.6. The summed E-state index contributed by atoms with van der Waals surface area (Å²) in [5.41, 5.74) is 4.25. The Morgan fingerprint density at radius 2 is 1.59 bits per heavy atom. The Labute approximate surface area is 250 Å². The molecule has 0 N–H and O–H groups in total. The van der Waals surface area contributed by atoms with E-state index in [1.165, 1.54) is 44.9 Å². The van der Waals surface area contributed by atoms with Crippen molar-refractivity contribution in [2.75, 3.05) is 0 Å². The van der Waals surface area contributed by atoms with Crippen molar-refractivity contribution in [3.8, 4) is 0 Å². The van der Waals surface area contributed by atoms with Crippen molar-refractivity contribution in [1.29, 1.82) is 0 Å². The number of carbonyl (C=O) groups excluding carboxylic acids is 1. The molecule has 0 aromatic heterocycles. The third kappa shape index (κ3) is 4.27. The lowest BCUT2D eigenvalue weighted by molar-refractivity contribution is -0.211. The number of carbonyl (C=O) groups is 1. The van der Waals surface area contributed by atoms with E-state index in [4.69, 9.17) is 4.74 Å². The van der Waals surface area contributed by atoms with Gasteiger partial charge in [0.1, 0.15) is 6.10 Å². The summed E-state index contributed by atoms with van der Waals surface area (Å²) >= 11 is 0. The number of benzene rings is 1. The van der Waals surface area contributed by atoms with Gasteiger partial charge in [-0.05, 0) is 121 Å². The molecule has 5 aliphatic rings. The maximum Gasteiger partial charge on any atom is 0.331 e. The minimum absolute atomic E-state index is 0.0249. The minimum atomic E-state index is -0.199. The van der Waals surface area contributed by atoms with Crippen LogP contribution >= 0.6 is 0 Å². The first-order valence-electron chi connectivity index (χ1n) is 16.9. The first-order chi connectivity index (χ1) is 19.3. The standard InChI is InChI=1S/C39H56O2/c1-26-18-21-36(5)24-25-38(7)29(34(36)27(26)2)15-16-31-37(6)22-20-32(35(3,4)30(37)19-23-39(31,38)8)41-33(40)17-14-28-12-10-9-11-13-28/h9-15,17,26-27,30-32,34H,16,18-25H2,1-8H3/t26-,27+,30+,31-,32+,34+,36-,37+,38-,39-/m1/s1. The predicted molar refractivity (Wildman–Crippen MR) is 170 cm³/mol. The van der Waals surface area contributed by atoms with E-state index < -0.39 is 0 Å². The molecule has 10 atom stereocenters. The summed E-state index contributed by atoms with van der Waals surface area (Å²) in [6, 6.07) is 10.0. The van der Waals surface area contributed by atoms with Gasteiger partial charge in [-0.2, -0.15) is 0 Å². The molecule has 0 saturated heterocycles. The highest BCUT2D eigenvalue weighted by Crippen LogP contribution is 2.75. The van der Waals surface area contributed by atoms with Crippen molar-refractivity contribution in [3.05, 3.63) is 53.6 Å². The van der Waals surface area contributed by atoms with E-state index in [1.807, 2.05) is 42.0 Å². The van der Waals surface area contributed by atoms with Crippen molar-refractivity contribution in [3.63, 3.8) is 0 Å². The molecule has 4 saturated carbocycles. The first-order valence-corrected chi connectivity index (χ1v) is 16.9. The van der Waals surface area contributed by atoms with Crippen LogP contribution < -0.4 is 0 Å². The molecule has 41 heavy (non-hydrogen) atoms. The van der Waals surface area contributed by atoms with Gasteiger partial charge in [-0.3, -0.25) is 0 Å². The molecule has 0 unspecified atom stereocenters. The lowest BCUT2D eigenvalue weighted by atomic mass is 9.33. The molecule has 5 aliphatic carbocycles. The lowest BCUT2D eigenvalue weighted by Gasteiger charge is -2.71. The van der Waals surface area contributed by atoms with Gasteiger partial charge in [0.15, 0.2) is 0 Å². The summed E-state index contributed by atoms with van der Waals surface area (Å²) in [6.07, 6.45) is 17.8. The Morgan fingerprint density at radius 3 is 2.32 bits per heavy atom. The topological polar surface area (TPSA) is 26.3 Å². The molecule has 1 aromatic carbocycles. The van der Waals surface area contributed by atoms with Gasteiger partial charge < -0.3 is 4.74 Å². The monoisotopic (exact) mass is 556 g/mol. The van der Waals surface area contributed by atoms with E-state index in [1.54, 1.807) is 6.08 Å². The van der Waals surface area contributed by atoms with Crippen LogP contribution in [0.4, 0.5) is 0 Å². The molecule has 4 fully saturated rings. The average Bonchev–Trinajstić information content (AvgIpc) is 2.93. The highest BCUT2D eigenvalue weighted by Gasteiger charge is 2.68. The van der Waals surface area contributed by atoms with Crippen LogP contribution in [0.3, 0.4) is 0 Å². The Hall–Kier alpha value is -1.83. The van der Waals surface area contributed by atoms with Crippen LogP contribution in [0, 0.1) is 56.7 Å². The maximum atomic E-state index is 13.0. The molecular weight excluding hydrogens is 500 g/mol. The fraction of sp³-hybridized carbons (Fsp3) is 0.718. The van der Waals surface area contributed by atoms with Gasteiger partial charge in [-0.25, -0.2) is 4.79 Å². The zero-order chi connectivity index (χ0) is 29.4. The maximum absolute atomic E-state index is 13.0. The highest BCUT2D eigenvalue weighted by molar-refractivity contribution is 5.87. The van der Waals surface area contributed by atoms with Crippen molar-refractivity contribution < 1.29 is 9.53 Å². The number of hydrogen-bond acceptors (Lipinski definition) is 2. The van der Waals surface area contributed by atoms with E-state index in [2.05, 4.69) is 61.5 Å². The van der Waals surface area contributed by atoms with E-state index in [0.29, 0.717) is 28.1 Å². The van der Waals surface area contributed by atoms with Gasteiger partial charge in [0.2, 0.25) is 0 Å². The number of rotatable bonds is 3. The zero-order valence-corrected chi connectivity index (χ0v) is 27.3. The smallest absolute Gasteiger partial charge is 0.331 e. The first kappa shape index (κ1) is 29.3. The fourth-order valence-electron chi connectivity index (χ4n) is 11.9. The van der Waals surface area contributed by atoms with Gasteiger partial charge in [0.05, 0.1) is 0 Å². The van der Waals surface area contributed by atoms with Crippen LogP contribution in [0.1, 0.15) is 119 Å². The third-order valence-electron chi connectivity index (χ3n) is 14.8. The number of hydrogen-bond donors (Lipinski definition) is 0. The molecule has 0 amide bonds. The molecule has 0 heterocycles. The quantitative estimate of drug-likeness (QED) is 0.210. The van der Waals surface area contributed by atoms with Crippen molar-refractivity contribution in [1.82, 2.24) is 0 Å². The summed E-state index contributed by atoms with van der Waals surface area (Å²) in [5, 5.41) is 0. The lowest BCUT2D eigenvalue weighted by Crippen LogP contribution is -2.65. The Kier molecular flexibility index (Phi) is 7.03. The molecule has 0 spiro atoms. The van der Waals surface area contributed by atoms with Crippen LogP contribution in [0.2, 0.25) is 0 Å². The molecule has 2 nitrogen and oxygen atoms in total. The highest BCUT2D eigenvalue weighted by atomic mass is 16.5. The predicted octanol–water partition coefficient (Wildman–Crippen LogP) is 10.3. The van der Waals surface area contributed by atoms with Gasteiger partial charge in [-0.15, -0.1) is 0 Å². The fourth-order valence-corrected chi connectivity index (χ4v) is 11.9. The molecule has 224 valence electrons. The normalized spacial score (nSPS) is 46.9. The van der Waals surface area contributed by atoms with Crippen LogP contribution in [-0.4, -0.2) is 12.1 Å². The van der Waals surface area contributed by atoms with Gasteiger partial charge in [-0.1, -0.05) is 97.4 Å². The molecule has 0 radical (unpaired) electrons. The second kappa shape index (κ2) is 9.85. The zero-order valence-electron chi connectivity index (χ0n) is 27.3. The second-order valence-electron chi connectivity index (χ2n) is 16.8. The van der Waals surface area contributed by atoms with Crippen LogP contribution in [0.5, 0.6) is 0 Å². The van der Waals surface area contributed by atoms with E-state index in [9.17, 15) is 4.79 Å². The van der Waals surface area contributed by atoms with Gasteiger partial charge in [0, 0.05) is 11.5 Å². The summed E-state index contributed by atoms with van der Waals surface area (Å²) < 4.78 is 6.24. The van der Waals surface area contributed by atoms with Crippen LogP contribution in [-0.2, 0) is 9.53 Å². The Bertz CT molecular complexity index is 1230. The second-order valence-corrected chi connectivity index (χ2v) is 16.8. The van der Waals surface area contributed by atoms with E-state index >= 15 is 0 Å². The molecule has 6 rings (SSSR count). The Balaban J connectivity index is 1.26. The number of fused-ring (bicyclic) bond motifs is 7. The van der Waals surface area contributed by atoms with E-state index in [-0.39, 0.29) is 22.9 Å². The molecule has 1 aromatic rings. The average molecular weight is 557 g/mol. The molecule has 0 bridgehead atoms. The van der Waals surface area contributed by atoms with E-state index in [0.717, 1.165) is 36.2 Å². The van der Waals surface area contributed by atoms with Crippen molar-refractivity contribution in [2.45, 2.75) is 119 Å². The van der Waals surface area contributed by atoms with Crippen LogP contribution in [0.25, 0.3) is 6.08 Å². The largest absolute Gasteiger partial charge is 0.459 e. The molecular formula is C39H56O2. The SMILES string of the molecule is C[C@H]1[C@H](C)CC[C@]2(C)CC[C@]3(C)C(=CC[C@@H]4[C@@]5(C)CC[C@H](OC(=O)C=Cc6ccccc6)C(C)(C)[C@@H]5CC[C@]43C)[C@H]12. The van der Waals surface area contributed by atoms with Gasteiger partial charge in [0.25, 0.3) is 0 Å². The summed E-state index contributed by atoms with van der Waals surface area (Å²) in [5.74, 6) is 3.43. The van der Waals surface area contributed by atoms with Crippen LogP contribution in [0.15, 0.2) is 48.1 Å².